The predicted molar refractivity (Wildman–Crippen MR) is 69.5 cm³/mol. The number of hydrogen-bond acceptors (Lipinski definition) is 3. The van der Waals surface area contributed by atoms with Gasteiger partial charge in [0.1, 0.15) is 9.84 Å². The first kappa shape index (κ1) is 15.4. The van der Waals surface area contributed by atoms with Crippen molar-refractivity contribution in [3.63, 3.8) is 0 Å². The molecule has 0 atom stereocenters. The molecule has 0 spiro atoms. The lowest BCUT2D eigenvalue weighted by molar-refractivity contribution is 0.287. The molecule has 0 N–H and O–H groups in total. The number of sulfone groups is 1. The first-order chi connectivity index (χ1) is 6.99. The maximum atomic E-state index is 11.0. The smallest absolute Gasteiger partial charge is 0.147 e. The van der Waals surface area contributed by atoms with Crippen LogP contribution in [0.3, 0.4) is 0 Å². The molecule has 3 nitrogen and oxygen atoms in total. The zero-order valence-electron chi connectivity index (χ0n) is 9.71. The van der Waals surface area contributed by atoms with E-state index < -0.39 is 9.84 Å². The summed E-state index contributed by atoms with van der Waals surface area (Å²) in [6.07, 6.45) is 4.42. The molecule has 0 fully saturated rings. The van der Waals surface area contributed by atoms with E-state index in [1.807, 2.05) is 0 Å². The summed E-state index contributed by atoms with van der Waals surface area (Å²) in [4.78, 5) is 2.32. The first-order valence-electron chi connectivity index (χ1n) is 5.45. The number of halogens is 1. The minimum Gasteiger partial charge on any atom is -0.302 e. The van der Waals surface area contributed by atoms with Crippen LogP contribution in [0.5, 0.6) is 0 Å². The average Bonchev–Trinajstić information content (AvgIpc) is 2.12. The molecule has 15 heavy (non-hydrogen) atoms. The third-order valence-corrected chi connectivity index (χ3v) is 3.60. The molecule has 0 radical (unpaired) electrons. The summed E-state index contributed by atoms with van der Waals surface area (Å²) in [6.45, 7) is 5.14. The van der Waals surface area contributed by atoms with Gasteiger partial charge >= 0.3 is 0 Å². The highest BCUT2D eigenvalue weighted by atomic mass is 79.9. The van der Waals surface area contributed by atoms with Crippen LogP contribution in [-0.2, 0) is 9.84 Å². The lowest BCUT2D eigenvalue weighted by Gasteiger charge is -2.20. The third kappa shape index (κ3) is 10.7. The number of nitrogens with zero attached hydrogens (tertiary/aromatic N) is 1. The maximum absolute atomic E-state index is 11.0. The molecule has 0 aromatic rings. The van der Waals surface area contributed by atoms with Crippen LogP contribution in [0.4, 0.5) is 0 Å². The van der Waals surface area contributed by atoms with Gasteiger partial charge in [0, 0.05) is 18.1 Å². The molecule has 0 aliphatic heterocycles. The fourth-order valence-electron chi connectivity index (χ4n) is 1.39. The van der Waals surface area contributed by atoms with Crippen molar-refractivity contribution >= 4 is 25.8 Å². The van der Waals surface area contributed by atoms with Crippen molar-refractivity contribution in [2.45, 2.75) is 26.2 Å². The largest absolute Gasteiger partial charge is 0.302 e. The second-order valence-corrected chi connectivity index (χ2v) is 6.92. The van der Waals surface area contributed by atoms with E-state index >= 15 is 0 Å². The van der Waals surface area contributed by atoms with Gasteiger partial charge in [-0.2, -0.15) is 0 Å². The Morgan fingerprint density at radius 1 is 1.13 bits per heavy atom. The van der Waals surface area contributed by atoms with E-state index in [1.165, 1.54) is 19.1 Å². The number of rotatable bonds is 9. The van der Waals surface area contributed by atoms with Crippen molar-refractivity contribution in [3.8, 4) is 0 Å². The SMILES string of the molecule is CCCCN(CCBr)CCCS(C)(=O)=O. The zero-order valence-corrected chi connectivity index (χ0v) is 12.1. The normalized spacial score (nSPS) is 12.3. The van der Waals surface area contributed by atoms with Crippen molar-refractivity contribution in [2.75, 3.05) is 37.0 Å². The molecule has 0 aromatic carbocycles. The van der Waals surface area contributed by atoms with Gasteiger partial charge in [-0.25, -0.2) is 8.42 Å². The maximum Gasteiger partial charge on any atom is 0.147 e. The second-order valence-electron chi connectivity index (χ2n) is 3.87. The lowest BCUT2D eigenvalue weighted by Crippen LogP contribution is -2.29. The van der Waals surface area contributed by atoms with E-state index in [0.717, 1.165) is 31.4 Å². The van der Waals surface area contributed by atoms with Crippen LogP contribution in [0.2, 0.25) is 0 Å². The molecule has 0 saturated heterocycles. The first-order valence-corrected chi connectivity index (χ1v) is 8.64. The molecule has 0 heterocycles. The summed E-state index contributed by atoms with van der Waals surface area (Å²) >= 11 is 3.41. The van der Waals surface area contributed by atoms with Crippen molar-refractivity contribution in [3.05, 3.63) is 0 Å². The van der Waals surface area contributed by atoms with Gasteiger partial charge in [0.15, 0.2) is 0 Å². The molecule has 92 valence electrons. The standard InChI is InChI=1S/C10H22BrNO2S/c1-3-4-7-12(9-6-11)8-5-10-15(2,13)14/h3-10H2,1-2H3. The summed E-state index contributed by atoms with van der Waals surface area (Å²) < 4.78 is 21.9. The Hall–Kier alpha value is 0.390. The monoisotopic (exact) mass is 299 g/mol. The van der Waals surface area contributed by atoms with Crippen molar-refractivity contribution < 1.29 is 8.42 Å². The van der Waals surface area contributed by atoms with Gasteiger partial charge in [0.05, 0.1) is 5.75 Å². The number of unbranched alkanes of at least 4 members (excludes halogenated alkanes) is 1. The van der Waals surface area contributed by atoms with Crippen LogP contribution in [0.25, 0.3) is 0 Å². The van der Waals surface area contributed by atoms with Gasteiger partial charge in [-0.05, 0) is 25.9 Å². The molecule has 0 aliphatic carbocycles. The molecule has 0 aliphatic rings. The van der Waals surface area contributed by atoms with Crippen LogP contribution in [-0.4, -0.2) is 50.3 Å². The van der Waals surface area contributed by atoms with E-state index in [1.54, 1.807) is 0 Å². The highest BCUT2D eigenvalue weighted by Crippen LogP contribution is 1.99. The van der Waals surface area contributed by atoms with Gasteiger partial charge in [-0.3, -0.25) is 0 Å². The minimum absolute atomic E-state index is 0.303. The molecule has 0 unspecified atom stereocenters. The summed E-state index contributed by atoms with van der Waals surface area (Å²) in [6, 6.07) is 0. The van der Waals surface area contributed by atoms with E-state index in [2.05, 4.69) is 27.8 Å². The van der Waals surface area contributed by atoms with E-state index in [0.29, 0.717) is 5.75 Å². The summed E-state index contributed by atoms with van der Waals surface area (Å²) in [5.41, 5.74) is 0. The topological polar surface area (TPSA) is 37.4 Å². The Bertz CT molecular complexity index is 242. The second kappa shape index (κ2) is 8.53. The highest BCUT2D eigenvalue weighted by Gasteiger charge is 2.06. The Balaban J connectivity index is 3.74. The Labute approximate surface area is 102 Å². The predicted octanol–water partition coefficient (Wildman–Crippen LogP) is 1.92. The Morgan fingerprint density at radius 3 is 2.20 bits per heavy atom. The fourth-order valence-corrected chi connectivity index (χ4v) is 2.54. The van der Waals surface area contributed by atoms with Crippen molar-refractivity contribution in [1.82, 2.24) is 4.90 Å². The minimum atomic E-state index is -2.79. The van der Waals surface area contributed by atoms with Gasteiger partial charge in [-0.15, -0.1) is 0 Å². The number of hydrogen-bond donors (Lipinski definition) is 0. The zero-order chi connectivity index (χ0) is 11.7. The van der Waals surface area contributed by atoms with Gasteiger partial charge < -0.3 is 4.90 Å². The molecular weight excluding hydrogens is 278 g/mol. The Kier molecular flexibility index (Phi) is 8.75. The molecule has 0 bridgehead atoms. The summed E-state index contributed by atoms with van der Waals surface area (Å²) in [5.74, 6) is 0.303. The highest BCUT2D eigenvalue weighted by molar-refractivity contribution is 9.09. The van der Waals surface area contributed by atoms with E-state index in [-0.39, 0.29) is 0 Å². The summed E-state index contributed by atoms with van der Waals surface area (Å²) in [7, 11) is -2.79. The van der Waals surface area contributed by atoms with Crippen molar-refractivity contribution in [2.24, 2.45) is 0 Å². The third-order valence-electron chi connectivity index (χ3n) is 2.22. The molecule has 0 saturated carbocycles. The van der Waals surface area contributed by atoms with Crippen LogP contribution in [0, 0.1) is 0 Å². The van der Waals surface area contributed by atoms with Gasteiger partial charge in [-0.1, -0.05) is 29.3 Å². The average molecular weight is 300 g/mol. The van der Waals surface area contributed by atoms with Gasteiger partial charge in [0.25, 0.3) is 0 Å². The van der Waals surface area contributed by atoms with E-state index in [4.69, 9.17) is 0 Å². The van der Waals surface area contributed by atoms with Crippen molar-refractivity contribution in [1.29, 1.82) is 0 Å². The molecular formula is C10H22BrNO2S. The van der Waals surface area contributed by atoms with Crippen LogP contribution in [0.1, 0.15) is 26.2 Å². The van der Waals surface area contributed by atoms with Crippen LogP contribution in [0.15, 0.2) is 0 Å². The molecule has 5 heteroatoms. The molecule has 0 amide bonds. The molecule has 0 rings (SSSR count). The lowest BCUT2D eigenvalue weighted by atomic mass is 10.3. The van der Waals surface area contributed by atoms with Crippen LogP contribution >= 0.6 is 15.9 Å². The van der Waals surface area contributed by atoms with E-state index in [9.17, 15) is 8.42 Å². The number of alkyl halides is 1. The summed E-state index contributed by atoms with van der Waals surface area (Å²) in [5, 5.41) is 0.954. The van der Waals surface area contributed by atoms with Gasteiger partial charge in [0.2, 0.25) is 0 Å². The Morgan fingerprint density at radius 2 is 1.73 bits per heavy atom. The quantitative estimate of drug-likeness (QED) is 0.611. The fraction of sp³-hybridized carbons (Fsp3) is 1.00. The van der Waals surface area contributed by atoms with Crippen LogP contribution < -0.4 is 0 Å². The molecule has 0 aromatic heterocycles.